The summed E-state index contributed by atoms with van der Waals surface area (Å²) in [7, 11) is 0. The summed E-state index contributed by atoms with van der Waals surface area (Å²) in [6.45, 7) is 2.01. The summed E-state index contributed by atoms with van der Waals surface area (Å²) >= 11 is 0. The number of aryl methyl sites for hydroxylation is 1. The summed E-state index contributed by atoms with van der Waals surface area (Å²) in [6.07, 6.45) is 3.90. The summed E-state index contributed by atoms with van der Waals surface area (Å²) in [5, 5.41) is 5.76. The van der Waals surface area contributed by atoms with Crippen LogP contribution in [0.15, 0.2) is 79.1 Å². The lowest BCUT2D eigenvalue weighted by atomic mass is 10.1. The Morgan fingerprint density at radius 2 is 1.69 bits per heavy atom. The van der Waals surface area contributed by atoms with Crippen molar-refractivity contribution in [3.05, 3.63) is 84.7 Å². The minimum absolute atomic E-state index is 0.287. The van der Waals surface area contributed by atoms with E-state index in [1.165, 1.54) is 0 Å². The number of hydrogen-bond donors (Lipinski definition) is 2. The molecule has 4 rings (SSSR count). The first-order chi connectivity index (χ1) is 12.7. The van der Waals surface area contributed by atoms with E-state index in [1.807, 2.05) is 90.4 Å². The van der Waals surface area contributed by atoms with Crippen molar-refractivity contribution in [3.63, 3.8) is 0 Å². The summed E-state index contributed by atoms with van der Waals surface area (Å²) in [4.78, 5) is 17.0. The highest BCUT2D eigenvalue weighted by Gasteiger charge is 2.11. The lowest BCUT2D eigenvalue weighted by molar-refractivity contribution is 0.262. The number of carbonyl (C=O) groups excluding carboxylic acids is 1. The molecule has 5 heteroatoms. The van der Waals surface area contributed by atoms with Gasteiger partial charge in [0, 0.05) is 23.6 Å². The zero-order chi connectivity index (χ0) is 17.9. The number of carbonyl (C=O) groups is 1. The number of nitrogens with zero attached hydrogens (tertiary/aromatic N) is 2. The quantitative estimate of drug-likeness (QED) is 0.553. The van der Waals surface area contributed by atoms with Crippen LogP contribution in [0.4, 0.5) is 16.2 Å². The predicted octanol–water partition coefficient (Wildman–Crippen LogP) is 4.95. The van der Waals surface area contributed by atoms with E-state index in [9.17, 15) is 4.79 Å². The zero-order valence-corrected chi connectivity index (χ0v) is 14.3. The van der Waals surface area contributed by atoms with Crippen molar-refractivity contribution in [2.24, 2.45) is 0 Å². The van der Waals surface area contributed by atoms with Crippen molar-refractivity contribution in [3.8, 4) is 11.3 Å². The molecule has 0 spiro atoms. The maximum atomic E-state index is 12.4. The van der Waals surface area contributed by atoms with E-state index >= 15 is 0 Å². The van der Waals surface area contributed by atoms with E-state index in [0.29, 0.717) is 5.69 Å². The third-order valence-electron chi connectivity index (χ3n) is 4.12. The standard InChI is InChI=1S/C21H18N4O/c1-15-9-11-16(12-10-15)22-21(26)24-18-7-3-2-6-17(18)19-14-25-13-5-4-8-20(25)23-19/h2-14H,1H3,(H2,22,24,26). The number of imidazole rings is 1. The van der Waals surface area contributed by atoms with Gasteiger partial charge in [0.15, 0.2) is 0 Å². The average molecular weight is 342 g/mol. The number of benzene rings is 2. The molecule has 0 aliphatic rings. The molecule has 0 unspecified atom stereocenters. The molecule has 2 amide bonds. The number of anilines is 2. The maximum Gasteiger partial charge on any atom is 0.323 e. The van der Waals surface area contributed by atoms with Crippen molar-refractivity contribution < 1.29 is 4.79 Å². The van der Waals surface area contributed by atoms with Gasteiger partial charge in [-0.3, -0.25) is 0 Å². The molecular formula is C21H18N4O. The van der Waals surface area contributed by atoms with Crippen LogP contribution in [-0.4, -0.2) is 15.4 Å². The van der Waals surface area contributed by atoms with Crippen molar-refractivity contribution in [1.82, 2.24) is 9.38 Å². The molecule has 2 aromatic heterocycles. The molecule has 0 saturated heterocycles. The highest BCUT2D eigenvalue weighted by Crippen LogP contribution is 2.27. The van der Waals surface area contributed by atoms with Crippen LogP contribution in [0, 0.1) is 6.92 Å². The van der Waals surface area contributed by atoms with Gasteiger partial charge in [0.25, 0.3) is 0 Å². The predicted molar refractivity (Wildman–Crippen MR) is 104 cm³/mol. The van der Waals surface area contributed by atoms with Crippen LogP contribution in [0.3, 0.4) is 0 Å². The largest absolute Gasteiger partial charge is 0.323 e. The van der Waals surface area contributed by atoms with Gasteiger partial charge in [0.2, 0.25) is 0 Å². The van der Waals surface area contributed by atoms with Crippen LogP contribution in [0.5, 0.6) is 0 Å². The number of urea groups is 1. The summed E-state index contributed by atoms with van der Waals surface area (Å²) in [5.74, 6) is 0. The van der Waals surface area contributed by atoms with Crippen molar-refractivity contribution in [2.45, 2.75) is 6.92 Å². The number of hydrogen-bond acceptors (Lipinski definition) is 2. The van der Waals surface area contributed by atoms with Gasteiger partial charge in [-0.1, -0.05) is 42.0 Å². The second-order valence-electron chi connectivity index (χ2n) is 6.08. The smallest absolute Gasteiger partial charge is 0.308 e. The first-order valence-corrected chi connectivity index (χ1v) is 8.37. The summed E-state index contributed by atoms with van der Waals surface area (Å²) in [5.41, 5.74) is 5.14. The molecule has 26 heavy (non-hydrogen) atoms. The highest BCUT2D eigenvalue weighted by atomic mass is 16.2. The molecule has 0 bridgehead atoms. The first kappa shape index (κ1) is 15.9. The first-order valence-electron chi connectivity index (χ1n) is 8.37. The number of nitrogens with one attached hydrogen (secondary N) is 2. The summed E-state index contributed by atoms with van der Waals surface area (Å²) in [6, 6.07) is 20.9. The van der Waals surface area contributed by atoms with Crippen molar-refractivity contribution in [1.29, 1.82) is 0 Å². The highest BCUT2D eigenvalue weighted by molar-refractivity contribution is 6.02. The topological polar surface area (TPSA) is 58.4 Å². The molecule has 2 N–H and O–H groups in total. The van der Waals surface area contributed by atoms with Crippen LogP contribution in [0.2, 0.25) is 0 Å². The minimum Gasteiger partial charge on any atom is -0.308 e. The monoisotopic (exact) mass is 342 g/mol. The van der Waals surface area contributed by atoms with E-state index in [2.05, 4.69) is 15.6 Å². The van der Waals surface area contributed by atoms with E-state index in [-0.39, 0.29) is 6.03 Å². The molecular weight excluding hydrogens is 324 g/mol. The van der Waals surface area contributed by atoms with E-state index in [4.69, 9.17) is 0 Å². The van der Waals surface area contributed by atoms with Gasteiger partial charge < -0.3 is 15.0 Å². The molecule has 2 aromatic carbocycles. The maximum absolute atomic E-state index is 12.4. The lowest BCUT2D eigenvalue weighted by Gasteiger charge is -2.11. The Labute approximate surface area is 151 Å². The molecule has 5 nitrogen and oxygen atoms in total. The molecule has 0 radical (unpaired) electrons. The SMILES string of the molecule is Cc1ccc(NC(=O)Nc2ccccc2-c2cn3ccccc3n2)cc1. The van der Waals surface area contributed by atoms with Gasteiger partial charge in [-0.15, -0.1) is 0 Å². The van der Waals surface area contributed by atoms with Crippen LogP contribution < -0.4 is 10.6 Å². The Hall–Kier alpha value is -3.60. The van der Waals surface area contributed by atoms with Gasteiger partial charge >= 0.3 is 6.03 Å². The normalized spacial score (nSPS) is 10.7. The minimum atomic E-state index is -0.287. The van der Waals surface area contributed by atoms with Gasteiger partial charge in [0.1, 0.15) is 5.65 Å². The average Bonchev–Trinajstić information content (AvgIpc) is 3.08. The Morgan fingerprint density at radius 1 is 0.923 bits per heavy atom. The van der Waals surface area contributed by atoms with Crippen LogP contribution in [0.25, 0.3) is 16.9 Å². The molecule has 0 atom stereocenters. The number of aromatic nitrogens is 2. The zero-order valence-electron chi connectivity index (χ0n) is 14.3. The van der Waals surface area contributed by atoms with Gasteiger partial charge in [-0.25, -0.2) is 9.78 Å². The van der Waals surface area contributed by atoms with Crippen molar-refractivity contribution >= 4 is 23.1 Å². The molecule has 128 valence electrons. The molecule has 0 aliphatic carbocycles. The Bertz CT molecular complexity index is 1030. The molecule has 0 aliphatic heterocycles. The number of fused-ring (bicyclic) bond motifs is 1. The third-order valence-corrected chi connectivity index (χ3v) is 4.12. The fourth-order valence-electron chi connectivity index (χ4n) is 2.80. The van der Waals surface area contributed by atoms with Crippen LogP contribution in [-0.2, 0) is 0 Å². The second-order valence-corrected chi connectivity index (χ2v) is 6.08. The van der Waals surface area contributed by atoms with E-state index < -0.39 is 0 Å². The molecule has 0 saturated carbocycles. The fourth-order valence-corrected chi connectivity index (χ4v) is 2.80. The van der Waals surface area contributed by atoms with Gasteiger partial charge in [0.05, 0.1) is 11.4 Å². The number of amides is 2. The van der Waals surface area contributed by atoms with Crippen LogP contribution in [0.1, 0.15) is 5.56 Å². The third kappa shape index (κ3) is 3.28. The fraction of sp³-hybridized carbons (Fsp3) is 0.0476. The Morgan fingerprint density at radius 3 is 2.50 bits per heavy atom. The van der Waals surface area contributed by atoms with Crippen molar-refractivity contribution in [2.75, 3.05) is 10.6 Å². The number of rotatable bonds is 3. The van der Waals surface area contributed by atoms with E-state index in [1.54, 1.807) is 0 Å². The number of para-hydroxylation sites is 1. The van der Waals surface area contributed by atoms with Gasteiger partial charge in [-0.2, -0.15) is 0 Å². The lowest BCUT2D eigenvalue weighted by Crippen LogP contribution is -2.19. The Balaban J connectivity index is 1.59. The second kappa shape index (κ2) is 6.72. The number of pyridine rings is 1. The molecule has 4 aromatic rings. The molecule has 2 heterocycles. The van der Waals surface area contributed by atoms with E-state index in [0.717, 1.165) is 28.2 Å². The van der Waals surface area contributed by atoms with Crippen LogP contribution >= 0.6 is 0 Å². The van der Waals surface area contributed by atoms with Gasteiger partial charge in [-0.05, 0) is 37.3 Å². The molecule has 0 fully saturated rings. The summed E-state index contributed by atoms with van der Waals surface area (Å²) < 4.78 is 1.96. The Kier molecular flexibility index (Phi) is 4.11.